The van der Waals surface area contributed by atoms with Gasteiger partial charge in [-0.2, -0.15) is 0 Å². The Hall–Kier alpha value is -2.05. The summed E-state index contributed by atoms with van der Waals surface area (Å²) < 4.78 is 6.63. The van der Waals surface area contributed by atoms with Crippen molar-refractivity contribution in [1.82, 2.24) is 4.90 Å². The van der Waals surface area contributed by atoms with Crippen LogP contribution in [0.15, 0.2) is 53.0 Å². The van der Waals surface area contributed by atoms with Gasteiger partial charge >= 0.3 is 6.03 Å². The van der Waals surface area contributed by atoms with E-state index in [4.69, 9.17) is 4.74 Å². The number of aliphatic hydroxyl groups excluding tert-OH is 1. The minimum Gasteiger partial charge on any atom is -0.493 e. The van der Waals surface area contributed by atoms with E-state index in [1.165, 1.54) is 0 Å². The molecule has 2 aromatic rings. The van der Waals surface area contributed by atoms with Crippen molar-refractivity contribution >= 4 is 27.6 Å². The van der Waals surface area contributed by atoms with Gasteiger partial charge in [0, 0.05) is 28.7 Å². The predicted molar refractivity (Wildman–Crippen MR) is 96.2 cm³/mol. The number of nitrogens with one attached hydrogen (secondary N) is 1. The number of benzene rings is 2. The fourth-order valence-corrected chi connectivity index (χ4v) is 3.34. The average molecular weight is 391 g/mol. The average Bonchev–Trinajstić information content (AvgIpc) is 2.60. The first-order valence-electron chi connectivity index (χ1n) is 7.72. The van der Waals surface area contributed by atoms with Gasteiger partial charge in [0.1, 0.15) is 5.75 Å². The number of para-hydroxylation sites is 1. The molecule has 5 nitrogen and oxygen atoms in total. The highest BCUT2D eigenvalue weighted by Crippen LogP contribution is 2.40. The minimum absolute atomic E-state index is 0.0560. The zero-order chi connectivity index (χ0) is 17.1. The number of aliphatic hydroxyl groups is 1. The lowest BCUT2D eigenvalue weighted by Gasteiger charge is -2.38. The van der Waals surface area contributed by atoms with Crippen LogP contribution in [0.4, 0.5) is 10.5 Å². The highest BCUT2D eigenvalue weighted by molar-refractivity contribution is 9.10. The number of hydrogen-bond acceptors (Lipinski definition) is 3. The first kappa shape index (κ1) is 16.8. The van der Waals surface area contributed by atoms with Gasteiger partial charge in [0.25, 0.3) is 0 Å². The Labute approximate surface area is 149 Å². The van der Waals surface area contributed by atoms with Crippen LogP contribution in [0.5, 0.6) is 5.75 Å². The van der Waals surface area contributed by atoms with Crippen LogP contribution >= 0.6 is 15.9 Å². The molecule has 2 aromatic carbocycles. The zero-order valence-corrected chi connectivity index (χ0v) is 14.9. The summed E-state index contributed by atoms with van der Waals surface area (Å²) in [5.41, 5.74) is 1.62. The molecule has 0 saturated carbocycles. The Kier molecular flexibility index (Phi) is 5.06. The molecule has 0 spiro atoms. The second-order valence-electron chi connectivity index (χ2n) is 5.79. The molecule has 0 saturated heterocycles. The molecule has 0 radical (unpaired) electrons. The van der Waals surface area contributed by atoms with Crippen molar-refractivity contribution in [3.63, 3.8) is 0 Å². The van der Waals surface area contributed by atoms with Crippen LogP contribution < -0.4 is 10.1 Å². The summed E-state index contributed by atoms with van der Waals surface area (Å²) in [6.07, 6.45) is 0. The number of ether oxygens (including phenoxy) is 1. The number of carbonyl (C=O) groups excluding carboxylic acids is 1. The van der Waals surface area contributed by atoms with E-state index < -0.39 is 0 Å². The molecule has 1 heterocycles. The van der Waals surface area contributed by atoms with E-state index in [0.29, 0.717) is 6.61 Å². The molecule has 2 N–H and O–H groups in total. The predicted octanol–water partition coefficient (Wildman–Crippen LogP) is 3.66. The van der Waals surface area contributed by atoms with Crippen LogP contribution in [-0.2, 0) is 0 Å². The third-order valence-corrected chi connectivity index (χ3v) is 4.68. The maximum absolute atomic E-state index is 12.6. The molecule has 6 heteroatoms. The number of fused-ring (bicyclic) bond motifs is 1. The number of rotatable bonds is 3. The summed E-state index contributed by atoms with van der Waals surface area (Å²) >= 11 is 3.46. The second-order valence-corrected chi connectivity index (χ2v) is 6.70. The van der Waals surface area contributed by atoms with Crippen molar-refractivity contribution in [2.45, 2.75) is 6.04 Å². The van der Waals surface area contributed by atoms with Crippen molar-refractivity contribution in [3.05, 3.63) is 58.6 Å². The van der Waals surface area contributed by atoms with Gasteiger partial charge in [0.05, 0.1) is 19.3 Å². The van der Waals surface area contributed by atoms with Gasteiger partial charge in [-0.05, 0) is 30.3 Å². The Morgan fingerprint density at radius 1 is 1.33 bits per heavy atom. The first-order valence-corrected chi connectivity index (χ1v) is 8.51. The topological polar surface area (TPSA) is 61.8 Å². The van der Waals surface area contributed by atoms with Gasteiger partial charge < -0.3 is 20.1 Å². The van der Waals surface area contributed by atoms with E-state index in [1.807, 2.05) is 48.5 Å². The van der Waals surface area contributed by atoms with E-state index in [1.54, 1.807) is 11.9 Å². The summed E-state index contributed by atoms with van der Waals surface area (Å²) in [5.74, 6) is 0.561. The van der Waals surface area contributed by atoms with Gasteiger partial charge in [0.15, 0.2) is 0 Å². The first-order chi connectivity index (χ1) is 11.6. The monoisotopic (exact) mass is 390 g/mol. The van der Waals surface area contributed by atoms with Crippen LogP contribution in [0, 0.1) is 5.92 Å². The lowest BCUT2D eigenvalue weighted by atomic mass is 9.90. The molecule has 0 aliphatic carbocycles. The van der Waals surface area contributed by atoms with Gasteiger partial charge in [0.2, 0.25) is 0 Å². The third kappa shape index (κ3) is 3.39. The quantitative estimate of drug-likeness (QED) is 0.840. The van der Waals surface area contributed by atoms with E-state index in [9.17, 15) is 9.90 Å². The molecule has 3 rings (SSSR count). The van der Waals surface area contributed by atoms with Crippen molar-refractivity contribution < 1.29 is 14.6 Å². The Bertz CT molecular complexity index is 723. The highest BCUT2D eigenvalue weighted by Gasteiger charge is 2.35. The van der Waals surface area contributed by atoms with E-state index in [-0.39, 0.29) is 24.6 Å². The van der Waals surface area contributed by atoms with Crippen LogP contribution in [0.1, 0.15) is 11.6 Å². The number of nitrogens with zero attached hydrogens (tertiary/aromatic N) is 1. The fourth-order valence-electron chi connectivity index (χ4n) is 2.96. The molecule has 2 amide bonds. The van der Waals surface area contributed by atoms with Crippen LogP contribution in [0.2, 0.25) is 0 Å². The molecule has 1 aliphatic heterocycles. The van der Waals surface area contributed by atoms with Crippen LogP contribution in [0.25, 0.3) is 0 Å². The fraction of sp³-hybridized carbons (Fsp3) is 0.278. The summed E-state index contributed by atoms with van der Waals surface area (Å²) in [5, 5.41) is 12.6. The molecule has 24 heavy (non-hydrogen) atoms. The highest BCUT2D eigenvalue weighted by atomic mass is 79.9. The molecule has 126 valence electrons. The Morgan fingerprint density at radius 2 is 2.08 bits per heavy atom. The van der Waals surface area contributed by atoms with Crippen LogP contribution in [0.3, 0.4) is 0 Å². The maximum atomic E-state index is 12.6. The molecule has 1 aliphatic rings. The maximum Gasteiger partial charge on any atom is 0.322 e. The van der Waals surface area contributed by atoms with Gasteiger partial charge in [-0.1, -0.05) is 34.1 Å². The van der Waals surface area contributed by atoms with Crippen molar-refractivity contribution in [3.8, 4) is 5.75 Å². The summed E-state index contributed by atoms with van der Waals surface area (Å²) in [7, 11) is 1.74. The lowest BCUT2D eigenvalue weighted by Crippen LogP contribution is -2.43. The third-order valence-electron chi connectivity index (χ3n) is 4.19. The van der Waals surface area contributed by atoms with E-state index >= 15 is 0 Å². The van der Waals surface area contributed by atoms with Crippen LogP contribution in [-0.4, -0.2) is 36.3 Å². The smallest absolute Gasteiger partial charge is 0.322 e. The van der Waals surface area contributed by atoms with Crippen molar-refractivity contribution in [1.29, 1.82) is 0 Å². The number of amides is 2. The Balaban J connectivity index is 1.88. The largest absolute Gasteiger partial charge is 0.493 e. The minimum atomic E-state index is -0.264. The van der Waals surface area contributed by atoms with Crippen molar-refractivity contribution in [2.24, 2.45) is 5.92 Å². The standard InChI is InChI=1S/C18H19BrN2O3/c1-21(18(23)20-14-5-3-2-4-6-14)17-12(10-22)11-24-16-8-7-13(19)9-15(16)17/h2-9,12,17,22H,10-11H2,1H3,(H,20,23)/t12-,17-/m0/s1. The normalized spacial score (nSPS) is 19.1. The van der Waals surface area contributed by atoms with Crippen molar-refractivity contribution in [2.75, 3.05) is 25.6 Å². The van der Waals surface area contributed by atoms with E-state index in [0.717, 1.165) is 21.5 Å². The molecule has 0 unspecified atom stereocenters. The number of halogens is 1. The Morgan fingerprint density at radius 3 is 2.79 bits per heavy atom. The lowest BCUT2D eigenvalue weighted by molar-refractivity contribution is 0.0738. The molecule has 0 bridgehead atoms. The molecule has 0 aromatic heterocycles. The number of anilines is 1. The SMILES string of the molecule is CN(C(=O)Nc1ccccc1)[C@@H]1c2cc(Br)ccc2OC[C@@H]1CO. The summed E-state index contributed by atoms with van der Waals surface area (Å²) in [6.45, 7) is 0.318. The molecule has 2 atom stereocenters. The molecular formula is C18H19BrN2O3. The van der Waals surface area contributed by atoms with E-state index in [2.05, 4.69) is 21.2 Å². The number of hydrogen-bond donors (Lipinski definition) is 2. The molecular weight excluding hydrogens is 372 g/mol. The van der Waals surface area contributed by atoms with Gasteiger partial charge in [-0.15, -0.1) is 0 Å². The van der Waals surface area contributed by atoms with Gasteiger partial charge in [-0.25, -0.2) is 4.79 Å². The summed E-state index contributed by atoms with van der Waals surface area (Å²) in [4.78, 5) is 14.3. The summed E-state index contributed by atoms with van der Waals surface area (Å²) in [6, 6.07) is 14.5. The number of urea groups is 1. The second kappa shape index (κ2) is 7.23. The number of carbonyl (C=O) groups is 1. The molecule has 0 fully saturated rings. The van der Waals surface area contributed by atoms with Gasteiger partial charge in [-0.3, -0.25) is 0 Å². The zero-order valence-electron chi connectivity index (χ0n) is 13.3.